The number of aromatic nitrogens is 3. The third kappa shape index (κ3) is 5.29. The van der Waals surface area contributed by atoms with Gasteiger partial charge in [0.05, 0.1) is 34.4 Å². The molecule has 0 bridgehead atoms. The molecule has 0 saturated heterocycles. The molecule has 0 spiro atoms. The summed E-state index contributed by atoms with van der Waals surface area (Å²) in [4.78, 5) is 24.3. The van der Waals surface area contributed by atoms with Crippen molar-refractivity contribution in [3.8, 4) is 11.1 Å². The average Bonchev–Trinajstić information content (AvgIpc) is 2.82. The number of halogens is 2. The number of anilines is 1. The third-order valence-electron chi connectivity index (χ3n) is 5.87. The van der Waals surface area contributed by atoms with E-state index < -0.39 is 23.4 Å². The van der Waals surface area contributed by atoms with E-state index >= 15 is 0 Å². The summed E-state index contributed by atoms with van der Waals surface area (Å²) in [5.74, 6) is -1.12. The van der Waals surface area contributed by atoms with E-state index in [-0.39, 0.29) is 6.42 Å². The van der Waals surface area contributed by atoms with E-state index in [9.17, 15) is 14.3 Å². The van der Waals surface area contributed by atoms with Crippen LogP contribution in [-0.4, -0.2) is 31.1 Å². The molecule has 2 aromatic carbocycles. The maximum absolute atomic E-state index is 14.7. The Morgan fingerprint density at radius 3 is 2.47 bits per heavy atom. The highest BCUT2D eigenvalue weighted by molar-refractivity contribution is 6.35. The number of nitrogens with zero attached hydrogens (tertiary/aromatic N) is 3. The summed E-state index contributed by atoms with van der Waals surface area (Å²) in [5, 5.41) is 23.7. The molecule has 1 atom stereocenters. The molecule has 4 aromatic rings. The summed E-state index contributed by atoms with van der Waals surface area (Å²) in [6.45, 7) is 6.82. The normalized spacial score (nSPS) is 12.5. The number of aliphatic hydroxyl groups is 1. The molecule has 186 valence electrons. The second-order valence-corrected chi connectivity index (χ2v) is 9.64. The van der Waals surface area contributed by atoms with Gasteiger partial charge in [-0.25, -0.2) is 14.4 Å². The summed E-state index contributed by atoms with van der Waals surface area (Å²) < 4.78 is 14.7. The monoisotopic (exact) mass is 508 g/mol. The highest BCUT2D eigenvalue weighted by Crippen LogP contribution is 2.37. The van der Waals surface area contributed by atoms with Gasteiger partial charge in [-0.2, -0.15) is 0 Å². The Kier molecular flexibility index (Phi) is 6.93. The van der Waals surface area contributed by atoms with Crippen LogP contribution in [0.4, 0.5) is 10.1 Å². The fraction of sp³-hybridized carbons (Fsp3) is 0.259. The topological polar surface area (TPSA) is 108 Å². The molecule has 0 saturated carbocycles. The van der Waals surface area contributed by atoms with Crippen molar-refractivity contribution in [2.24, 2.45) is 0 Å². The predicted molar refractivity (Wildman–Crippen MR) is 138 cm³/mol. The molecule has 3 N–H and O–H groups in total. The number of hydrogen-bond acceptors (Lipinski definition) is 6. The third-order valence-corrected chi connectivity index (χ3v) is 6.33. The van der Waals surface area contributed by atoms with Crippen molar-refractivity contribution in [1.82, 2.24) is 15.0 Å². The Balaban J connectivity index is 1.75. The fourth-order valence-corrected chi connectivity index (χ4v) is 4.18. The first-order valence-corrected chi connectivity index (χ1v) is 11.7. The van der Waals surface area contributed by atoms with Crippen LogP contribution in [0.25, 0.3) is 22.0 Å². The van der Waals surface area contributed by atoms with Gasteiger partial charge in [-0.3, -0.25) is 9.78 Å². The molecule has 2 heterocycles. The molecular formula is C27H26ClFN4O3. The number of hydrogen-bond donors (Lipinski definition) is 3. The first-order valence-electron chi connectivity index (χ1n) is 11.4. The van der Waals surface area contributed by atoms with Crippen LogP contribution in [0.3, 0.4) is 0 Å². The van der Waals surface area contributed by atoms with Gasteiger partial charge in [0.2, 0.25) is 0 Å². The molecule has 0 aliphatic heterocycles. The van der Waals surface area contributed by atoms with Crippen molar-refractivity contribution >= 4 is 34.2 Å². The molecule has 36 heavy (non-hydrogen) atoms. The molecule has 0 fully saturated rings. The smallest absolute Gasteiger partial charge is 0.307 e. The fourth-order valence-electron chi connectivity index (χ4n) is 3.98. The Morgan fingerprint density at radius 1 is 1.14 bits per heavy atom. The van der Waals surface area contributed by atoms with Crippen molar-refractivity contribution in [2.75, 3.05) is 5.32 Å². The van der Waals surface area contributed by atoms with Gasteiger partial charge in [0, 0.05) is 28.9 Å². The first kappa shape index (κ1) is 25.5. The number of aliphatic carboxylic acids is 1. The number of carboxylic acid groups (broad SMARTS) is 1. The summed E-state index contributed by atoms with van der Waals surface area (Å²) >= 11 is 6.66. The van der Waals surface area contributed by atoms with Gasteiger partial charge in [0.25, 0.3) is 0 Å². The van der Waals surface area contributed by atoms with Crippen LogP contribution in [0.5, 0.6) is 0 Å². The molecule has 7 nitrogen and oxygen atoms in total. The number of benzene rings is 2. The van der Waals surface area contributed by atoms with Crippen molar-refractivity contribution in [2.45, 2.75) is 45.8 Å². The van der Waals surface area contributed by atoms with Gasteiger partial charge in [-0.1, -0.05) is 29.8 Å². The second-order valence-electron chi connectivity index (χ2n) is 9.26. The molecule has 9 heteroatoms. The second kappa shape index (κ2) is 9.79. The van der Waals surface area contributed by atoms with Crippen molar-refractivity contribution in [1.29, 1.82) is 0 Å². The Labute approximate surface area is 213 Å². The molecule has 0 radical (unpaired) electrons. The largest absolute Gasteiger partial charge is 0.481 e. The zero-order valence-electron chi connectivity index (χ0n) is 20.3. The van der Waals surface area contributed by atoms with Crippen molar-refractivity contribution in [3.05, 3.63) is 82.3 Å². The van der Waals surface area contributed by atoms with E-state index in [1.54, 1.807) is 46.2 Å². The maximum atomic E-state index is 14.7. The Morgan fingerprint density at radius 2 is 1.83 bits per heavy atom. The van der Waals surface area contributed by atoms with Crippen LogP contribution < -0.4 is 5.32 Å². The Hall–Kier alpha value is -3.62. The number of fused-ring (bicyclic) bond motifs is 1. The minimum absolute atomic E-state index is 0.199. The maximum Gasteiger partial charge on any atom is 0.307 e. The van der Waals surface area contributed by atoms with Gasteiger partial charge in [0.15, 0.2) is 5.82 Å². The van der Waals surface area contributed by atoms with E-state index in [1.165, 1.54) is 12.1 Å². The lowest BCUT2D eigenvalue weighted by Crippen LogP contribution is -2.19. The molecule has 0 amide bonds. The number of pyridine rings is 1. The summed E-state index contributed by atoms with van der Waals surface area (Å²) in [6, 6.07) is 9.45. The highest BCUT2D eigenvalue weighted by Gasteiger charge is 2.20. The standard InChI is InChI=1S/C27H26ClFN4O3/c1-14(19-9-16(10-23(34)35)5-7-21(19)29)33-25-20-11-17(6-8-22(20)32-15(2)24(25)28)18-12-30-26(31-13-18)27(3,4)36/h5-9,11-14,36H,10H2,1-4H3,(H,32,33)(H,34,35). The van der Waals surface area contributed by atoms with Crippen molar-refractivity contribution in [3.63, 3.8) is 0 Å². The summed E-state index contributed by atoms with van der Waals surface area (Å²) in [6.07, 6.45) is 3.09. The van der Waals surface area contributed by atoms with Crippen LogP contribution in [0.15, 0.2) is 48.8 Å². The lowest BCUT2D eigenvalue weighted by molar-refractivity contribution is -0.136. The van der Waals surface area contributed by atoms with Crippen LogP contribution >= 0.6 is 11.6 Å². The van der Waals surface area contributed by atoms with Gasteiger partial charge in [-0.15, -0.1) is 0 Å². The van der Waals surface area contributed by atoms with Crippen LogP contribution in [0, 0.1) is 12.7 Å². The van der Waals surface area contributed by atoms with E-state index in [1.807, 2.05) is 18.2 Å². The lowest BCUT2D eigenvalue weighted by Gasteiger charge is -2.21. The first-order chi connectivity index (χ1) is 16.9. The van der Waals surface area contributed by atoms with Gasteiger partial charge >= 0.3 is 5.97 Å². The molecule has 0 aliphatic rings. The number of nitrogens with one attached hydrogen (secondary N) is 1. The molecule has 2 aromatic heterocycles. The minimum Gasteiger partial charge on any atom is -0.481 e. The predicted octanol–water partition coefficient (Wildman–Crippen LogP) is 5.82. The zero-order chi connectivity index (χ0) is 26.2. The number of carbonyl (C=O) groups is 1. The molecule has 0 aliphatic carbocycles. The SMILES string of the molecule is Cc1nc2ccc(-c3cnc(C(C)(C)O)nc3)cc2c(NC(C)c2cc(CC(=O)O)ccc2F)c1Cl. The summed E-state index contributed by atoms with van der Waals surface area (Å²) in [5.41, 5.74) is 3.15. The molecular weight excluding hydrogens is 483 g/mol. The van der Waals surface area contributed by atoms with E-state index in [0.717, 1.165) is 16.5 Å². The number of rotatable bonds is 7. The Bertz CT molecular complexity index is 1450. The minimum atomic E-state index is -1.15. The van der Waals surface area contributed by atoms with E-state index in [0.29, 0.717) is 38.9 Å². The number of carboxylic acids is 1. The molecule has 4 rings (SSSR count). The van der Waals surface area contributed by atoms with Gasteiger partial charge in [-0.05, 0) is 57.0 Å². The lowest BCUT2D eigenvalue weighted by atomic mass is 10.0. The molecule has 1 unspecified atom stereocenters. The van der Waals surface area contributed by atoms with Crippen molar-refractivity contribution < 1.29 is 19.4 Å². The van der Waals surface area contributed by atoms with E-state index in [2.05, 4.69) is 20.3 Å². The van der Waals surface area contributed by atoms with Crippen LogP contribution in [-0.2, 0) is 16.8 Å². The van der Waals surface area contributed by atoms with E-state index in [4.69, 9.17) is 16.7 Å². The number of aryl methyl sites for hydroxylation is 1. The van der Waals surface area contributed by atoms with Crippen LogP contribution in [0.1, 0.15) is 49.5 Å². The zero-order valence-corrected chi connectivity index (χ0v) is 21.1. The quantitative estimate of drug-likeness (QED) is 0.288. The van der Waals surface area contributed by atoms with Gasteiger partial charge < -0.3 is 15.5 Å². The van der Waals surface area contributed by atoms with Crippen LogP contribution in [0.2, 0.25) is 5.02 Å². The summed E-state index contributed by atoms with van der Waals surface area (Å²) in [7, 11) is 0. The average molecular weight is 509 g/mol. The highest BCUT2D eigenvalue weighted by atomic mass is 35.5. The van der Waals surface area contributed by atoms with Gasteiger partial charge in [0.1, 0.15) is 11.4 Å².